The molecule has 1 aliphatic rings. The first-order valence-electron chi connectivity index (χ1n) is 4.72. The van der Waals surface area contributed by atoms with Crippen LogP contribution >= 0.6 is 11.6 Å². The normalized spacial score (nSPS) is 21.2. The highest BCUT2D eigenvalue weighted by molar-refractivity contribution is 6.30. The summed E-state index contributed by atoms with van der Waals surface area (Å²) < 4.78 is 0. The van der Waals surface area contributed by atoms with Gasteiger partial charge in [0.25, 0.3) is 0 Å². The van der Waals surface area contributed by atoms with Gasteiger partial charge < -0.3 is 0 Å². The highest BCUT2D eigenvalue weighted by Crippen LogP contribution is 2.26. The number of rotatable bonds is 1. The summed E-state index contributed by atoms with van der Waals surface area (Å²) in [5.41, 5.74) is 0.596. The van der Waals surface area contributed by atoms with Crippen LogP contribution in [0.3, 0.4) is 0 Å². The molecule has 1 atom stereocenters. The standard InChI is InChI=1S/C11H10ClNO2/c1-7-6-10(14)13(11(7)15)9-4-2-8(12)3-5-9/h2-5,7H,6H2,1H3. The van der Waals surface area contributed by atoms with E-state index in [1.807, 2.05) is 0 Å². The molecule has 0 bridgehead atoms. The van der Waals surface area contributed by atoms with E-state index in [0.717, 1.165) is 0 Å². The van der Waals surface area contributed by atoms with E-state index in [1.54, 1.807) is 31.2 Å². The van der Waals surface area contributed by atoms with Crippen LogP contribution in [0.25, 0.3) is 0 Å². The van der Waals surface area contributed by atoms with Gasteiger partial charge in [0.05, 0.1) is 5.69 Å². The molecule has 15 heavy (non-hydrogen) atoms. The fourth-order valence-corrected chi connectivity index (χ4v) is 1.77. The van der Waals surface area contributed by atoms with Crippen LogP contribution in [0.15, 0.2) is 24.3 Å². The number of halogens is 1. The summed E-state index contributed by atoms with van der Waals surface area (Å²) >= 11 is 5.73. The third kappa shape index (κ3) is 1.75. The van der Waals surface area contributed by atoms with E-state index in [2.05, 4.69) is 0 Å². The molecular weight excluding hydrogens is 214 g/mol. The second-order valence-electron chi connectivity index (χ2n) is 3.65. The van der Waals surface area contributed by atoms with Gasteiger partial charge in [0.2, 0.25) is 11.8 Å². The molecule has 0 aromatic heterocycles. The summed E-state index contributed by atoms with van der Waals surface area (Å²) in [6, 6.07) is 6.69. The number of imide groups is 1. The molecule has 1 unspecified atom stereocenters. The van der Waals surface area contributed by atoms with Crippen LogP contribution < -0.4 is 4.90 Å². The predicted octanol–water partition coefficient (Wildman–Crippen LogP) is 2.24. The number of anilines is 1. The average Bonchev–Trinajstić information content (AvgIpc) is 2.44. The number of carbonyl (C=O) groups is 2. The van der Waals surface area contributed by atoms with Gasteiger partial charge in [0.15, 0.2) is 0 Å². The Morgan fingerprint density at radius 1 is 1.27 bits per heavy atom. The third-order valence-electron chi connectivity index (χ3n) is 2.46. The molecule has 4 heteroatoms. The van der Waals surface area contributed by atoms with Crippen molar-refractivity contribution in [3.05, 3.63) is 29.3 Å². The lowest BCUT2D eigenvalue weighted by Gasteiger charge is -2.13. The van der Waals surface area contributed by atoms with Crippen molar-refractivity contribution in [1.29, 1.82) is 0 Å². The molecule has 0 saturated carbocycles. The highest BCUT2D eigenvalue weighted by Gasteiger charge is 2.36. The van der Waals surface area contributed by atoms with Gasteiger partial charge in [-0.1, -0.05) is 18.5 Å². The maximum atomic E-state index is 11.7. The van der Waals surface area contributed by atoms with Crippen LogP contribution in [0.4, 0.5) is 5.69 Å². The van der Waals surface area contributed by atoms with Crippen molar-refractivity contribution in [1.82, 2.24) is 0 Å². The van der Waals surface area contributed by atoms with Crippen molar-refractivity contribution in [3.63, 3.8) is 0 Å². The number of benzene rings is 1. The zero-order valence-electron chi connectivity index (χ0n) is 8.24. The van der Waals surface area contributed by atoms with E-state index in [1.165, 1.54) is 4.90 Å². The van der Waals surface area contributed by atoms with Crippen molar-refractivity contribution in [2.45, 2.75) is 13.3 Å². The quantitative estimate of drug-likeness (QED) is 0.685. The number of hydrogen-bond acceptors (Lipinski definition) is 2. The summed E-state index contributed by atoms with van der Waals surface area (Å²) in [4.78, 5) is 24.4. The fourth-order valence-electron chi connectivity index (χ4n) is 1.65. The van der Waals surface area contributed by atoms with Gasteiger partial charge >= 0.3 is 0 Å². The zero-order chi connectivity index (χ0) is 11.0. The van der Waals surface area contributed by atoms with E-state index in [9.17, 15) is 9.59 Å². The van der Waals surface area contributed by atoms with Gasteiger partial charge in [0, 0.05) is 17.4 Å². The molecule has 1 aromatic rings. The highest BCUT2D eigenvalue weighted by atomic mass is 35.5. The smallest absolute Gasteiger partial charge is 0.237 e. The van der Waals surface area contributed by atoms with E-state index in [-0.39, 0.29) is 17.7 Å². The molecule has 2 amide bonds. The van der Waals surface area contributed by atoms with Crippen LogP contribution in [-0.2, 0) is 9.59 Å². The van der Waals surface area contributed by atoms with E-state index >= 15 is 0 Å². The molecule has 1 fully saturated rings. The van der Waals surface area contributed by atoms with Gasteiger partial charge in [-0.05, 0) is 24.3 Å². The molecule has 0 spiro atoms. The Labute approximate surface area is 92.6 Å². The van der Waals surface area contributed by atoms with Crippen LogP contribution in [-0.4, -0.2) is 11.8 Å². The Bertz CT molecular complexity index is 413. The second-order valence-corrected chi connectivity index (χ2v) is 4.09. The second kappa shape index (κ2) is 3.66. The maximum Gasteiger partial charge on any atom is 0.237 e. The summed E-state index contributed by atoms with van der Waals surface area (Å²) in [5.74, 6) is -0.495. The first-order valence-corrected chi connectivity index (χ1v) is 5.10. The minimum Gasteiger partial charge on any atom is -0.274 e. The summed E-state index contributed by atoms with van der Waals surface area (Å²) in [6.07, 6.45) is 0.293. The van der Waals surface area contributed by atoms with Gasteiger partial charge in [-0.3, -0.25) is 14.5 Å². The molecule has 0 radical (unpaired) electrons. The van der Waals surface area contributed by atoms with E-state index in [4.69, 9.17) is 11.6 Å². The van der Waals surface area contributed by atoms with Crippen molar-refractivity contribution in [3.8, 4) is 0 Å². The molecule has 1 aromatic carbocycles. The molecular formula is C11H10ClNO2. The lowest BCUT2D eigenvalue weighted by Crippen LogP contribution is -2.29. The lowest BCUT2D eigenvalue weighted by molar-refractivity contribution is -0.122. The van der Waals surface area contributed by atoms with Crippen LogP contribution in [0.5, 0.6) is 0 Å². The van der Waals surface area contributed by atoms with Crippen LogP contribution in [0, 0.1) is 5.92 Å². The maximum absolute atomic E-state index is 11.7. The van der Waals surface area contributed by atoms with Crippen LogP contribution in [0.1, 0.15) is 13.3 Å². The van der Waals surface area contributed by atoms with Crippen LogP contribution in [0.2, 0.25) is 5.02 Å². The monoisotopic (exact) mass is 223 g/mol. The topological polar surface area (TPSA) is 37.4 Å². The molecule has 3 nitrogen and oxygen atoms in total. The minimum absolute atomic E-state index is 0.137. The van der Waals surface area contributed by atoms with Gasteiger partial charge in [-0.25, -0.2) is 0 Å². The summed E-state index contributed by atoms with van der Waals surface area (Å²) in [5, 5.41) is 0.589. The molecule has 0 aliphatic carbocycles. The number of hydrogen-bond donors (Lipinski definition) is 0. The van der Waals surface area contributed by atoms with Crippen molar-refractivity contribution in [2.75, 3.05) is 4.90 Å². The van der Waals surface area contributed by atoms with Gasteiger partial charge in [-0.15, -0.1) is 0 Å². The third-order valence-corrected chi connectivity index (χ3v) is 2.71. The molecule has 1 saturated heterocycles. The molecule has 1 heterocycles. The van der Waals surface area contributed by atoms with Crippen molar-refractivity contribution >= 4 is 29.1 Å². The van der Waals surface area contributed by atoms with Crippen molar-refractivity contribution < 1.29 is 9.59 Å². The molecule has 0 N–H and O–H groups in total. The van der Waals surface area contributed by atoms with Gasteiger partial charge in [-0.2, -0.15) is 0 Å². The first-order chi connectivity index (χ1) is 7.09. The zero-order valence-corrected chi connectivity index (χ0v) is 8.99. The Kier molecular flexibility index (Phi) is 2.49. The largest absolute Gasteiger partial charge is 0.274 e. The van der Waals surface area contributed by atoms with Crippen molar-refractivity contribution in [2.24, 2.45) is 5.92 Å². The number of nitrogens with zero attached hydrogens (tertiary/aromatic N) is 1. The average molecular weight is 224 g/mol. The minimum atomic E-state index is -0.215. The number of amides is 2. The van der Waals surface area contributed by atoms with Gasteiger partial charge in [0.1, 0.15) is 0 Å². The fraction of sp³-hybridized carbons (Fsp3) is 0.273. The molecule has 1 aliphatic heterocycles. The number of carbonyl (C=O) groups excluding carboxylic acids is 2. The predicted molar refractivity (Wildman–Crippen MR) is 57.7 cm³/mol. The lowest BCUT2D eigenvalue weighted by atomic mass is 10.1. The molecule has 2 rings (SSSR count). The van der Waals surface area contributed by atoms with E-state index in [0.29, 0.717) is 17.1 Å². The molecule has 78 valence electrons. The van der Waals surface area contributed by atoms with E-state index < -0.39 is 0 Å². The summed E-state index contributed by atoms with van der Waals surface area (Å²) in [7, 11) is 0. The Balaban J connectivity index is 2.35. The first kappa shape index (κ1) is 10.2. The Morgan fingerprint density at radius 2 is 1.87 bits per heavy atom. The Morgan fingerprint density at radius 3 is 2.33 bits per heavy atom. The Hall–Kier alpha value is -1.35. The SMILES string of the molecule is CC1CC(=O)N(c2ccc(Cl)cc2)C1=O. The summed E-state index contributed by atoms with van der Waals surface area (Å²) in [6.45, 7) is 1.76.